The first-order valence-corrected chi connectivity index (χ1v) is 15.6. The number of pyridine rings is 1. The zero-order chi connectivity index (χ0) is 26.7. The summed E-state index contributed by atoms with van der Waals surface area (Å²) in [5, 5.41) is 4.36. The predicted octanol–water partition coefficient (Wildman–Crippen LogP) is 7.17. The van der Waals surface area contributed by atoms with Gasteiger partial charge in [-0.25, -0.2) is 0 Å². The van der Waals surface area contributed by atoms with Gasteiger partial charge in [-0.2, -0.15) is 0 Å². The van der Waals surface area contributed by atoms with Crippen molar-refractivity contribution in [1.29, 1.82) is 0 Å². The van der Waals surface area contributed by atoms with Gasteiger partial charge < -0.3 is 15.0 Å². The first-order chi connectivity index (χ1) is 18.5. The second-order valence-electron chi connectivity index (χ2n) is 12.3. The molecule has 5 nitrogen and oxygen atoms in total. The molecule has 1 aromatic heterocycles. The fourth-order valence-electron chi connectivity index (χ4n) is 6.20. The Morgan fingerprint density at radius 3 is 2.61 bits per heavy atom. The van der Waals surface area contributed by atoms with E-state index in [1.165, 1.54) is 56.0 Å². The maximum Gasteiger partial charge on any atom is 0.223 e. The monoisotopic (exact) mass is 521 g/mol. The summed E-state index contributed by atoms with van der Waals surface area (Å²) < 4.78 is 6.63. The molecular weight excluding hydrogens is 470 g/mol. The number of fused-ring (bicyclic) bond motifs is 1. The van der Waals surface area contributed by atoms with E-state index in [4.69, 9.17) is 4.74 Å². The van der Waals surface area contributed by atoms with Gasteiger partial charge in [-0.1, -0.05) is 46.1 Å². The molecule has 0 bridgehead atoms. The van der Waals surface area contributed by atoms with E-state index in [-0.39, 0.29) is 17.9 Å². The number of aryl methyl sites for hydroxylation is 1. The SMILES string of the molecule is CCCCCCc1cc(OC2CCN(CC3CCC(C(=O)NCCC(C)C)CC3)CC2)c2ncccc2c1. The average Bonchev–Trinajstić information content (AvgIpc) is 2.92. The lowest BCUT2D eigenvalue weighted by Gasteiger charge is -2.36. The van der Waals surface area contributed by atoms with E-state index in [1.54, 1.807) is 0 Å². The number of unbranched alkanes of at least 4 members (excludes halogenated alkanes) is 3. The number of likely N-dealkylation sites (tertiary alicyclic amines) is 1. The highest BCUT2D eigenvalue weighted by Crippen LogP contribution is 2.32. The van der Waals surface area contributed by atoms with Gasteiger partial charge in [0.05, 0.1) is 0 Å². The van der Waals surface area contributed by atoms with Crippen LogP contribution < -0.4 is 10.1 Å². The van der Waals surface area contributed by atoms with Crippen LogP contribution in [-0.2, 0) is 11.2 Å². The highest BCUT2D eigenvalue weighted by Gasteiger charge is 2.29. The van der Waals surface area contributed by atoms with Crippen LogP contribution in [0.15, 0.2) is 30.5 Å². The van der Waals surface area contributed by atoms with Crippen LogP contribution in [0, 0.1) is 17.8 Å². The number of aromatic nitrogens is 1. The maximum atomic E-state index is 12.5. The van der Waals surface area contributed by atoms with E-state index < -0.39 is 0 Å². The first kappa shape index (κ1) is 28.9. The number of carbonyl (C=O) groups excluding carboxylic acids is 1. The molecule has 2 fully saturated rings. The summed E-state index contributed by atoms with van der Waals surface area (Å²) in [6, 6.07) is 8.74. The molecule has 5 heteroatoms. The summed E-state index contributed by atoms with van der Waals surface area (Å²) >= 11 is 0. The zero-order valence-electron chi connectivity index (χ0n) is 24.2. The number of amides is 1. The molecular formula is C33H51N3O2. The molecule has 1 aromatic carbocycles. The molecule has 1 saturated carbocycles. The van der Waals surface area contributed by atoms with Crippen molar-refractivity contribution in [1.82, 2.24) is 15.2 Å². The van der Waals surface area contributed by atoms with Crippen molar-refractivity contribution in [2.24, 2.45) is 17.8 Å². The number of rotatable bonds is 13. The van der Waals surface area contributed by atoms with Crippen molar-refractivity contribution >= 4 is 16.8 Å². The predicted molar refractivity (Wildman–Crippen MR) is 158 cm³/mol. The van der Waals surface area contributed by atoms with Crippen molar-refractivity contribution in [3.8, 4) is 5.75 Å². The van der Waals surface area contributed by atoms with E-state index in [2.05, 4.69) is 54.2 Å². The molecule has 0 spiro atoms. The third kappa shape index (κ3) is 8.69. The molecule has 4 rings (SSSR count). The van der Waals surface area contributed by atoms with Gasteiger partial charge in [0, 0.05) is 43.7 Å². The molecule has 2 aliphatic rings. The lowest BCUT2D eigenvalue weighted by Crippen LogP contribution is -2.42. The van der Waals surface area contributed by atoms with E-state index in [9.17, 15) is 4.79 Å². The molecule has 0 radical (unpaired) electrons. The number of ether oxygens (including phenoxy) is 1. The third-order valence-corrected chi connectivity index (χ3v) is 8.63. The van der Waals surface area contributed by atoms with Crippen LogP contribution in [0.3, 0.4) is 0 Å². The minimum atomic E-state index is 0.225. The van der Waals surface area contributed by atoms with Crippen molar-refractivity contribution in [2.45, 2.75) is 104 Å². The van der Waals surface area contributed by atoms with E-state index >= 15 is 0 Å². The molecule has 1 N–H and O–H groups in total. The fraction of sp³-hybridized carbons (Fsp3) is 0.697. The third-order valence-electron chi connectivity index (χ3n) is 8.63. The number of piperidine rings is 1. The summed E-state index contributed by atoms with van der Waals surface area (Å²) in [5.41, 5.74) is 2.37. The molecule has 2 aromatic rings. The largest absolute Gasteiger partial charge is 0.488 e. The lowest BCUT2D eigenvalue weighted by molar-refractivity contribution is -0.126. The molecule has 2 heterocycles. The van der Waals surface area contributed by atoms with Crippen LogP contribution in [0.4, 0.5) is 0 Å². The van der Waals surface area contributed by atoms with Gasteiger partial charge in [0.15, 0.2) is 0 Å². The van der Waals surface area contributed by atoms with Crippen molar-refractivity contribution in [2.75, 3.05) is 26.2 Å². The Balaban J connectivity index is 1.22. The molecule has 38 heavy (non-hydrogen) atoms. The molecule has 210 valence electrons. The van der Waals surface area contributed by atoms with Crippen molar-refractivity contribution in [3.05, 3.63) is 36.0 Å². The number of hydrogen-bond donors (Lipinski definition) is 1. The highest BCUT2D eigenvalue weighted by atomic mass is 16.5. The Morgan fingerprint density at radius 2 is 1.87 bits per heavy atom. The van der Waals surface area contributed by atoms with Gasteiger partial charge in [0.1, 0.15) is 17.4 Å². The van der Waals surface area contributed by atoms with Crippen LogP contribution >= 0.6 is 0 Å². The minimum Gasteiger partial charge on any atom is -0.488 e. The highest BCUT2D eigenvalue weighted by molar-refractivity contribution is 5.85. The summed E-state index contributed by atoms with van der Waals surface area (Å²) in [4.78, 5) is 19.8. The Bertz CT molecular complexity index is 991. The van der Waals surface area contributed by atoms with Gasteiger partial charge in [0.25, 0.3) is 0 Å². The van der Waals surface area contributed by atoms with E-state index in [0.29, 0.717) is 5.92 Å². The number of carbonyl (C=O) groups is 1. The Hall–Kier alpha value is -2.14. The average molecular weight is 522 g/mol. The van der Waals surface area contributed by atoms with Crippen LogP contribution in [0.5, 0.6) is 5.75 Å². The number of nitrogens with one attached hydrogen (secondary N) is 1. The normalized spacial score (nSPS) is 21.2. The van der Waals surface area contributed by atoms with Gasteiger partial charge in [0.2, 0.25) is 5.91 Å². The summed E-state index contributed by atoms with van der Waals surface area (Å²) in [6.45, 7) is 10.9. The maximum absolute atomic E-state index is 12.5. The Kier molecular flexibility index (Phi) is 11.3. The van der Waals surface area contributed by atoms with Crippen LogP contribution in [-0.4, -0.2) is 48.1 Å². The van der Waals surface area contributed by atoms with Crippen molar-refractivity contribution < 1.29 is 9.53 Å². The van der Waals surface area contributed by atoms with Crippen LogP contribution in [0.2, 0.25) is 0 Å². The molecule has 0 atom stereocenters. The molecule has 1 aliphatic carbocycles. The van der Waals surface area contributed by atoms with Gasteiger partial charge >= 0.3 is 0 Å². The molecule has 1 amide bonds. The van der Waals surface area contributed by atoms with Crippen molar-refractivity contribution in [3.63, 3.8) is 0 Å². The second kappa shape index (κ2) is 14.9. The molecule has 1 saturated heterocycles. The standard InChI is InChI=1S/C33H51N3O2/c1-4-5-6-7-9-27-22-29-10-8-18-34-32(29)31(23-27)38-30-16-20-36(21-17-30)24-26-11-13-28(14-12-26)33(37)35-19-15-25(2)3/h8,10,18,22-23,25-26,28,30H,4-7,9,11-17,19-21,24H2,1-3H3,(H,35,37). The minimum absolute atomic E-state index is 0.225. The Morgan fingerprint density at radius 1 is 1.08 bits per heavy atom. The second-order valence-corrected chi connectivity index (χ2v) is 12.3. The van der Waals surface area contributed by atoms with Crippen LogP contribution in [0.25, 0.3) is 10.9 Å². The zero-order valence-corrected chi connectivity index (χ0v) is 24.2. The summed E-state index contributed by atoms with van der Waals surface area (Å²) in [7, 11) is 0. The lowest BCUT2D eigenvalue weighted by atomic mass is 9.81. The van der Waals surface area contributed by atoms with E-state index in [1.807, 2.05) is 12.3 Å². The molecule has 1 aliphatic heterocycles. The summed E-state index contributed by atoms with van der Waals surface area (Å²) in [5.74, 6) is 2.85. The smallest absolute Gasteiger partial charge is 0.223 e. The molecule has 0 unspecified atom stereocenters. The first-order valence-electron chi connectivity index (χ1n) is 15.6. The Labute approximate surface area is 231 Å². The number of hydrogen-bond acceptors (Lipinski definition) is 4. The van der Waals surface area contributed by atoms with E-state index in [0.717, 1.165) is 75.3 Å². The topological polar surface area (TPSA) is 54.5 Å². The van der Waals surface area contributed by atoms with Gasteiger partial charge in [-0.3, -0.25) is 9.78 Å². The number of benzene rings is 1. The van der Waals surface area contributed by atoms with Gasteiger partial charge in [-0.15, -0.1) is 0 Å². The number of nitrogens with zero attached hydrogens (tertiary/aromatic N) is 2. The summed E-state index contributed by atoms with van der Waals surface area (Å²) in [6.07, 6.45) is 16.0. The van der Waals surface area contributed by atoms with Gasteiger partial charge in [-0.05, 0) is 93.4 Å². The van der Waals surface area contributed by atoms with Crippen LogP contribution in [0.1, 0.15) is 97.0 Å². The quantitative estimate of drug-likeness (QED) is 0.284. The fourth-order valence-corrected chi connectivity index (χ4v) is 6.20.